The van der Waals surface area contributed by atoms with E-state index in [-0.39, 0.29) is 17.7 Å². The first-order chi connectivity index (χ1) is 12.1. The third kappa shape index (κ3) is 4.66. The van der Waals surface area contributed by atoms with Crippen molar-refractivity contribution in [3.8, 4) is 0 Å². The van der Waals surface area contributed by atoms with Crippen LogP contribution in [0.4, 0.5) is 0 Å². The van der Waals surface area contributed by atoms with Gasteiger partial charge in [-0.1, -0.05) is 6.07 Å². The molecule has 1 aliphatic carbocycles. The van der Waals surface area contributed by atoms with Crippen molar-refractivity contribution in [1.29, 1.82) is 0 Å². The van der Waals surface area contributed by atoms with Crippen molar-refractivity contribution >= 4 is 23.2 Å². The number of hydrogen-bond acceptors (Lipinski definition) is 4. The second kappa shape index (κ2) is 8.25. The van der Waals surface area contributed by atoms with Gasteiger partial charge >= 0.3 is 5.97 Å². The third-order valence-corrected chi connectivity index (χ3v) is 5.65. The summed E-state index contributed by atoms with van der Waals surface area (Å²) in [6.45, 7) is 1.15. The number of aromatic nitrogens is 1. The molecule has 5 nitrogen and oxygen atoms in total. The van der Waals surface area contributed by atoms with E-state index < -0.39 is 5.97 Å². The maximum Gasteiger partial charge on any atom is 0.306 e. The molecule has 132 valence electrons. The predicted molar refractivity (Wildman–Crippen MR) is 95.9 cm³/mol. The molecule has 1 aliphatic rings. The molecule has 2 heterocycles. The molecule has 0 saturated heterocycles. The molecule has 0 radical (unpaired) electrons. The van der Waals surface area contributed by atoms with Crippen LogP contribution in [0.5, 0.6) is 0 Å². The van der Waals surface area contributed by atoms with Crippen molar-refractivity contribution in [2.45, 2.75) is 38.8 Å². The lowest BCUT2D eigenvalue weighted by molar-refractivity contribution is -0.146. The number of hydrogen-bond donors (Lipinski definition) is 1. The molecule has 0 unspecified atom stereocenters. The highest BCUT2D eigenvalue weighted by molar-refractivity contribution is 7.09. The lowest BCUT2D eigenvalue weighted by atomic mass is 9.81. The normalized spacial score (nSPS) is 20.2. The fourth-order valence-corrected chi connectivity index (χ4v) is 4.08. The molecule has 1 fully saturated rings. The standard InChI is InChI=1S/C19H22N2O3S/c22-18(15-3-5-16(6-4-15)19(23)24)21(13-17-2-1-11-25-17)12-14-7-9-20-10-8-14/h1-2,7-11,15-16H,3-6,12-13H2,(H,23,24). The number of pyridine rings is 1. The predicted octanol–water partition coefficient (Wildman–Crippen LogP) is 3.56. The maximum atomic E-state index is 13.1. The summed E-state index contributed by atoms with van der Waals surface area (Å²) in [4.78, 5) is 31.3. The summed E-state index contributed by atoms with van der Waals surface area (Å²) in [6.07, 6.45) is 5.98. The highest BCUT2D eigenvalue weighted by Crippen LogP contribution is 2.31. The molecule has 1 N–H and O–H groups in total. The largest absolute Gasteiger partial charge is 0.481 e. The summed E-state index contributed by atoms with van der Waals surface area (Å²) >= 11 is 1.65. The quantitative estimate of drug-likeness (QED) is 0.857. The van der Waals surface area contributed by atoms with E-state index in [9.17, 15) is 9.59 Å². The molecule has 0 bridgehead atoms. The van der Waals surface area contributed by atoms with Gasteiger partial charge in [-0.25, -0.2) is 0 Å². The van der Waals surface area contributed by atoms with E-state index in [0.717, 1.165) is 10.4 Å². The van der Waals surface area contributed by atoms with E-state index in [1.807, 2.05) is 34.5 Å². The van der Waals surface area contributed by atoms with Crippen LogP contribution in [-0.2, 0) is 22.7 Å². The minimum atomic E-state index is -0.738. The zero-order valence-electron chi connectivity index (χ0n) is 14.0. The van der Waals surface area contributed by atoms with Crippen LogP contribution in [-0.4, -0.2) is 26.9 Å². The first-order valence-corrected chi connectivity index (χ1v) is 9.44. The third-order valence-electron chi connectivity index (χ3n) is 4.79. The Labute approximate surface area is 151 Å². The Morgan fingerprint density at radius 3 is 2.36 bits per heavy atom. The first kappa shape index (κ1) is 17.6. The van der Waals surface area contributed by atoms with Crippen molar-refractivity contribution < 1.29 is 14.7 Å². The van der Waals surface area contributed by atoms with E-state index in [4.69, 9.17) is 5.11 Å². The van der Waals surface area contributed by atoms with E-state index >= 15 is 0 Å². The molecule has 25 heavy (non-hydrogen) atoms. The SMILES string of the molecule is O=C(O)C1CCC(C(=O)N(Cc2ccncc2)Cc2cccs2)CC1. The van der Waals surface area contributed by atoms with Crippen LogP contribution in [0.15, 0.2) is 42.0 Å². The molecule has 2 aromatic heterocycles. The van der Waals surface area contributed by atoms with Gasteiger partial charge in [0.2, 0.25) is 5.91 Å². The van der Waals surface area contributed by atoms with Gasteiger partial charge < -0.3 is 10.0 Å². The number of aliphatic carboxylic acids is 1. The van der Waals surface area contributed by atoms with Crippen LogP contribution >= 0.6 is 11.3 Å². The van der Waals surface area contributed by atoms with Gasteiger partial charge in [0, 0.05) is 29.7 Å². The Balaban J connectivity index is 1.69. The molecule has 2 aromatic rings. The summed E-state index contributed by atoms with van der Waals surface area (Å²) in [5.41, 5.74) is 1.05. The summed E-state index contributed by atoms with van der Waals surface area (Å²) in [5.74, 6) is -0.973. The number of carbonyl (C=O) groups is 2. The van der Waals surface area contributed by atoms with Crippen LogP contribution in [0.3, 0.4) is 0 Å². The van der Waals surface area contributed by atoms with Crippen molar-refractivity contribution in [2.24, 2.45) is 11.8 Å². The monoisotopic (exact) mass is 358 g/mol. The van der Waals surface area contributed by atoms with Gasteiger partial charge in [-0.05, 0) is 54.8 Å². The van der Waals surface area contributed by atoms with E-state index in [2.05, 4.69) is 4.98 Å². The summed E-state index contributed by atoms with van der Waals surface area (Å²) in [6, 6.07) is 7.89. The van der Waals surface area contributed by atoms with Gasteiger partial charge in [0.25, 0.3) is 0 Å². The fourth-order valence-electron chi connectivity index (χ4n) is 3.36. The Morgan fingerprint density at radius 2 is 1.76 bits per heavy atom. The number of nitrogens with zero attached hydrogens (tertiary/aromatic N) is 2. The molecule has 6 heteroatoms. The van der Waals surface area contributed by atoms with Gasteiger partial charge in [0.15, 0.2) is 0 Å². The second-order valence-electron chi connectivity index (χ2n) is 6.52. The average Bonchev–Trinajstić information content (AvgIpc) is 3.14. The van der Waals surface area contributed by atoms with Gasteiger partial charge in [-0.2, -0.15) is 0 Å². The van der Waals surface area contributed by atoms with Gasteiger partial charge in [0.1, 0.15) is 0 Å². The molecular weight excluding hydrogens is 336 g/mol. The molecule has 1 saturated carbocycles. The summed E-state index contributed by atoms with van der Waals surface area (Å²) < 4.78 is 0. The number of amides is 1. The Bertz CT molecular complexity index is 695. The van der Waals surface area contributed by atoms with Crippen LogP contribution in [0.2, 0.25) is 0 Å². The molecule has 0 aromatic carbocycles. The van der Waals surface area contributed by atoms with Gasteiger partial charge in [0.05, 0.1) is 12.5 Å². The van der Waals surface area contributed by atoms with E-state index in [1.54, 1.807) is 23.7 Å². The molecule has 0 aliphatic heterocycles. The maximum absolute atomic E-state index is 13.1. The van der Waals surface area contributed by atoms with Crippen molar-refractivity contribution in [1.82, 2.24) is 9.88 Å². The van der Waals surface area contributed by atoms with Crippen molar-refractivity contribution in [3.05, 3.63) is 52.5 Å². The highest BCUT2D eigenvalue weighted by Gasteiger charge is 2.32. The lowest BCUT2D eigenvalue weighted by Crippen LogP contribution is -2.37. The zero-order chi connectivity index (χ0) is 17.6. The topological polar surface area (TPSA) is 70.5 Å². The number of thiophene rings is 1. The fraction of sp³-hybridized carbons (Fsp3) is 0.421. The molecule has 1 amide bonds. The van der Waals surface area contributed by atoms with Gasteiger partial charge in [-0.15, -0.1) is 11.3 Å². The average molecular weight is 358 g/mol. The Hall–Kier alpha value is -2.21. The highest BCUT2D eigenvalue weighted by atomic mass is 32.1. The molecule has 3 rings (SSSR count). The summed E-state index contributed by atoms with van der Waals surface area (Å²) in [7, 11) is 0. The lowest BCUT2D eigenvalue weighted by Gasteiger charge is -2.31. The summed E-state index contributed by atoms with van der Waals surface area (Å²) in [5, 5.41) is 11.2. The number of rotatable bonds is 6. The molecular formula is C19H22N2O3S. The Morgan fingerprint density at radius 1 is 1.08 bits per heavy atom. The van der Waals surface area contributed by atoms with Crippen LogP contribution < -0.4 is 0 Å². The molecule has 0 spiro atoms. The van der Waals surface area contributed by atoms with Gasteiger partial charge in [-0.3, -0.25) is 14.6 Å². The van der Waals surface area contributed by atoms with Crippen LogP contribution in [0, 0.1) is 11.8 Å². The van der Waals surface area contributed by atoms with E-state index in [0.29, 0.717) is 38.8 Å². The first-order valence-electron chi connectivity index (χ1n) is 8.56. The van der Waals surface area contributed by atoms with Crippen LogP contribution in [0.25, 0.3) is 0 Å². The van der Waals surface area contributed by atoms with Crippen molar-refractivity contribution in [3.63, 3.8) is 0 Å². The second-order valence-corrected chi connectivity index (χ2v) is 7.55. The Kier molecular flexibility index (Phi) is 5.81. The van der Waals surface area contributed by atoms with E-state index in [1.165, 1.54) is 0 Å². The minimum absolute atomic E-state index is 0.0719. The van der Waals surface area contributed by atoms with Crippen molar-refractivity contribution in [2.75, 3.05) is 0 Å². The molecule has 0 atom stereocenters. The zero-order valence-corrected chi connectivity index (χ0v) is 14.8. The van der Waals surface area contributed by atoms with Crippen LogP contribution in [0.1, 0.15) is 36.1 Å². The number of carbonyl (C=O) groups excluding carboxylic acids is 1. The number of carboxylic acids is 1. The minimum Gasteiger partial charge on any atom is -0.481 e. The number of carboxylic acid groups (broad SMARTS) is 1. The smallest absolute Gasteiger partial charge is 0.306 e.